The molecule has 1 aromatic carbocycles. The summed E-state index contributed by atoms with van der Waals surface area (Å²) in [5, 5.41) is 11.1. The third-order valence-electron chi connectivity index (χ3n) is 6.28. The zero-order valence-electron chi connectivity index (χ0n) is 14.3. The molecule has 4 rings (SSSR count). The van der Waals surface area contributed by atoms with E-state index in [0.29, 0.717) is 0 Å². The van der Waals surface area contributed by atoms with E-state index in [4.69, 9.17) is 11.6 Å². The minimum atomic E-state index is -0.488. The summed E-state index contributed by atoms with van der Waals surface area (Å²) in [5.41, 5.74) is 4.98. The Morgan fingerprint density at radius 1 is 1.33 bits per heavy atom. The highest BCUT2D eigenvalue weighted by molar-refractivity contribution is 6.22. The second-order valence-corrected chi connectivity index (χ2v) is 8.31. The predicted octanol–water partition coefficient (Wildman–Crippen LogP) is 5.56. The number of halogens is 1. The number of alkyl halides is 1. The van der Waals surface area contributed by atoms with E-state index in [-0.39, 0.29) is 16.7 Å². The second-order valence-electron chi connectivity index (χ2n) is 7.79. The van der Waals surface area contributed by atoms with Gasteiger partial charge in [-0.05, 0) is 30.9 Å². The van der Waals surface area contributed by atoms with Gasteiger partial charge in [0.25, 0.3) is 0 Å². The summed E-state index contributed by atoms with van der Waals surface area (Å²) in [4.78, 5) is 3.62. The van der Waals surface area contributed by atoms with Crippen molar-refractivity contribution in [1.29, 1.82) is 5.26 Å². The minimum Gasteiger partial charge on any atom is -0.357 e. The molecule has 0 fully saturated rings. The lowest BCUT2D eigenvalue weighted by atomic mass is 9.63. The normalized spacial score (nSPS) is 30.8. The summed E-state index contributed by atoms with van der Waals surface area (Å²) >= 11 is 6.75. The van der Waals surface area contributed by atoms with E-state index in [1.54, 1.807) is 0 Å². The molecule has 2 aliphatic carbocycles. The molecule has 1 heterocycles. The SMILES string of the molecule is C=C[C@@]1(C)C(C#N)=C2c3c([nH]c4ccccc34)C(C)(C)[C@H]2C[C@H]1Cl. The van der Waals surface area contributed by atoms with Crippen LogP contribution in [0.1, 0.15) is 38.4 Å². The van der Waals surface area contributed by atoms with Crippen molar-refractivity contribution in [3.8, 4) is 6.07 Å². The molecule has 0 radical (unpaired) electrons. The Bertz CT molecular complexity index is 940. The third kappa shape index (κ3) is 1.66. The Hall–Kier alpha value is -1.98. The maximum Gasteiger partial charge on any atom is 0.0960 e. The quantitative estimate of drug-likeness (QED) is 0.537. The number of fused-ring (bicyclic) bond motifs is 5. The molecule has 0 spiro atoms. The molecule has 2 nitrogen and oxygen atoms in total. The van der Waals surface area contributed by atoms with E-state index in [2.05, 4.69) is 49.7 Å². The van der Waals surface area contributed by atoms with Crippen molar-refractivity contribution in [2.45, 2.75) is 38.0 Å². The van der Waals surface area contributed by atoms with Gasteiger partial charge in [0.1, 0.15) is 0 Å². The Labute approximate surface area is 147 Å². The van der Waals surface area contributed by atoms with Crippen LogP contribution in [0.4, 0.5) is 0 Å². The topological polar surface area (TPSA) is 39.6 Å². The van der Waals surface area contributed by atoms with Gasteiger partial charge in [0.15, 0.2) is 0 Å². The first kappa shape index (κ1) is 15.5. The number of benzene rings is 1. The molecule has 24 heavy (non-hydrogen) atoms. The van der Waals surface area contributed by atoms with Crippen LogP contribution in [0.15, 0.2) is 42.5 Å². The third-order valence-corrected chi connectivity index (χ3v) is 6.91. The fourth-order valence-electron chi connectivity index (χ4n) is 4.64. The van der Waals surface area contributed by atoms with E-state index < -0.39 is 5.41 Å². The zero-order valence-corrected chi connectivity index (χ0v) is 15.0. The Balaban J connectivity index is 2.15. The largest absolute Gasteiger partial charge is 0.357 e. The van der Waals surface area contributed by atoms with Crippen molar-refractivity contribution in [1.82, 2.24) is 4.98 Å². The highest BCUT2D eigenvalue weighted by atomic mass is 35.5. The smallest absolute Gasteiger partial charge is 0.0960 e. The molecule has 3 heteroatoms. The summed E-state index contributed by atoms with van der Waals surface area (Å²) in [6.07, 6.45) is 2.71. The van der Waals surface area contributed by atoms with Gasteiger partial charge in [-0.1, -0.05) is 38.1 Å². The minimum absolute atomic E-state index is 0.0680. The van der Waals surface area contributed by atoms with E-state index in [1.165, 1.54) is 22.2 Å². The molecule has 3 atom stereocenters. The highest BCUT2D eigenvalue weighted by Crippen LogP contribution is 2.61. The van der Waals surface area contributed by atoms with Crippen molar-refractivity contribution in [3.63, 3.8) is 0 Å². The maximum absolute atomic E-state index is 10.0. The lowest BCUT2D eigenvalue weighted by Crippen LogP contribution is -2.39. The first-order chi connectivity index (χ1) is 11.4. The van der Waals surface area contributed by atoms with Crippen molar-refractivity contribution < 1.29 is 0 Å². The molecule has 122 valence electrons. The number of hydrogen-bond donors (Lipinski definition) is 1. The summed E-state index contributed by atoms with van der Waals surface area (Å²) in [7, 11) is 0. The fraction of sp³-hybridized carbons (Fsp3) is 0.381. The predicted molar refractivity (Wildman–Crippen MR) is 99.9 cm³/mol. The van der Waals surface area contributed by atoms with Gasteiger partial charge in [0.05, 0.1) is 6.07 Å². The molecule has 0 aliphatic heterocycles. The van der Waals surface area contributed by atoms with Crippen LogP contribution < -0.4 is 0 Å². The van der Waals surface area contributed by atoms with Crippen LogP contribution in [0.2, 0.25) is 0 Å². The monoisotopic (exact) mass is 336 g/mol. The van der Waals surface area contributed by atoms with Gasteiger partial charge in [-0.25, -0.2) is 0 Å². The molecule has 0 bridgehead atoms. The number of nitrogens with one attached hydrogen (secondary N) is 1. The van der Waals surface area contributed by atoms with Crippen LogP contribution >= 0.6 is 11.6 Å². The van der Waals surface area contributed by atoms with Gasteiger partial charge < -0.3 is 4.98 Å². The number of nitriles is 1. The number of allylic oxidation sites excluding steroid dienone is 3. The number of rotatable bonds is 1. The number of aromatic amines is 1. The van der Waals surface area contributed by atoms with E-state index in [1.807, 2.05) is 19.1 Å². The lowest BCUT2D eigenvalue weighted by Gasteiger charge is -2.42. The number of para-hydroxylation sites is 1. The van der Waals surface area contributed by atoms with Crippen molar-refractivity contribution in [2.24, 2.45) is 11.3 Å². The first-order valence-electron chi connectivity index (χ1n) is 8.40. The van der Waals surface area contributed by atoms with Crippen LogP contribution in [0, 0.1) is 22.7 Å². The summed E-state index contributed by atoms with van der Waals surface area (Å²) < 4.78 is 0. The number of H-pyrrole nitrogens is 1. The molecule has 2 aromatic rings. The first-order valence-corrected chi connectivity index (χ1v) is 8.84. The van der Waals surface area contributed by atoms with Gasteiger partial charge in [-0.15, -0.1) is 18.2 Å². The molecule has 0 saturated heterocycles. The van der Waals surface area contributed by atoms with Crippen LogP contribution in [0.3, 0.4) is 0 Å². The van der Waals surface area contributed by atoms with Gasteiger partial charge in [-0.2, -0.15) is 5.26 Å². The van der Waals surface area contributed by atoms with E-state index >= 15 is 0 Å². The molecule has 0 saturated carbocycles. The van der Waals surface area contributed by atoms with E-state index in [0.717, 1.165) is 17.5 Å². The molecule has 2 aliphatic rings. The molecular formula is C21H21ClN2. The standard InChI is InChI=1S/C21H21ClN2/c1-5-21(4)14(11-23)18-13(10-16(21)22)20(2,3)19-17(18)12-8-6-7-9-15(12)24-19/h5-9,13,16,24H,1,10H2,2-4H3/t13-,16+,21-/m0/s1. The van der Waals surface area contributed by atoms with E-state index in [9.17, 15) is 5.26 Å². The molecule has 0 amide bonds. The molecule has 1 aromatic heterocycles. The maximum atomic E-state index is 10.0. The van der Waals surface area contributed by atoms with Crippen molar-refractivity contribution in [2.75, 3.05) is 0 Å². The Kier molecular flexibility index (Phi) is 3.09. The fourth-order valence-corrected chi connectivity index (χ4v) is 5.01. The molecule has 0 unspecified atom stereocenters. The number of hydrogen-bond acceptors (Lipinski definition) is 1. The highest BCUT2D eigenvalue weighted by Gasteiger charge is 2.54. The molecule has 1 N–H and O–H groups in total. The summed E-state index contributed by atoms with van der Waals surface area (Å²) in [6.45, 7) is 10.5. The Morgan fingerprint density at radius 2 is 2.04 bits per heavy atom. The van der Waals surface area contributed by atoms with Crippen molar-refractivity contribution in [3.05, 3.63) is 53.8 Å². The number of nitrogens with zero attached hydrogens (tertiary/aromatic N) is 1. The Morgan fingerprint density at radius 3 is 2.71 bits per heavy atom. The van der Waals surface area contributed by atoms with Gasteiger partial charge in [-0.3, -0.25) is 0 Å². The number of aromatic nitrogens is 1. The lowest BCUT2D eigenvalue weighted by molar-refractivity contribution is 0.321. The average Bonchev–Trinajstić information content (AvgIpc) is 3.04. The van der Waals surface area contributed by atoms with Crippen molar-refractivity contribution >= 4 is 28.1 Å². The van der Waals surface area contributed by atoms with Gasteiger partial charge >= 0.3 is 0 Å². The average molecular weight is 337 g/mol. The zero-order chi connectivity index (χ0) is 17.3. The summed E-state index contributed by atoms with van der Waals surface area (Å²) in [6, 6.07) is 10.8. The van der Waals surface area contributed by atoms with Crippen LogP contribution in [0.25, 0.3) is 16.5 Å². The van der Waals surface area contributed by atoms with Crippen LogP contribution in [-0.2, 0) is 5.41 Å². The second kappa shape index (κ2) is 4.77. The molecular weight excluding hydrogens is 316 g/mol. The van der Waals surface area contributed by atoms with Crippen LogP contribution in [-0.4, -0.2) is 10.4 Å². The van der Waals surface area contributed by atoms with Crippen LogP contribution in [0.5, 0.6) is 0 Å². The van der Waals surface area contributed by atoms with Gasteiger partial charge in [0.2, 0.25) is 0 Å². The van der Waals surface area contributed by atoms with Gasteiger partial charge in [0, 0.05) is 43.9 Å². The summed E-state index contributed by atoms with van der Waals surface area (Å²) in [5.74, 6) is 0.258.